The maximum Gasteiger partial charge on any atom is 0.126 e. The normalized spacial score (nSPS) is 15.6. The van der Waals surface area contributed by atoms with Gasteiger partial charge in [-0.25, -0.2) is 9.19 Å². The van der Waals surface area contributed by atoms with Crippen LogP contribution in [0.4, 0.5) is 5.69 Å². The van der Waals surface area contributed by atoms with Gasteiger partial charge in [0, 0.05) is 16.0 Å². The lowest BCUT2D eigenvalue weighted by Crippen LogP contribution is -2.04. The van der Waals surface area contributed by atoms with E-state index in [-0.39, 0.29) is 0 Å². The SMILES string of the molecule is Nc1c([S@@](=O)c2ccccc2)sc2nc3c(cc12)CCCC3. The highest BCUT2D eigenvalue weighted by Crippen LogP contribution is 2.38. The van der Waals surface area contributed by atoms with Crippen molar-refractivity contribution in [1.29, 1.82) is 0 Å². The maximum atomic E-state index is 12.8. The van der Waals surface area contributed by atoms with Crippen molar-refractivity contribution in [2.45, 2.75) is 34.8 Å². The summed E-state index contributed by atoms with van der Waals surface area (Å²) >= 11 is 1.46. The van der Waals surface area contributed by atoms with Crippen LogP contribution in [0, 0.1) is 0 Å². The van der Waals surface area contributed by atoms with Crippen LogP contribution >= 0.6 is 11.3 Å². The van der Waals surface area contributed by atoms with Crippen LogP contribution in [0.15, 0.2) is 45.5 Å². The Balaban J connectivity index is 1.85. The van der Waals surface area contributed by atoms with E-state index in [0.717, 1.165) is 32.2 Å². The zero-order chi connectivity index (χ0) is 15.1. The molecule has 112 valence electrons. The molecule has 2 N–H and O–H groups in total. The predicted molar refractivity (Wildman–Crippen MR) is 91.8 cm³/mol. The molecule has 0 amide bonds. The minimum absolute atomic E-state index is 0.628. The van der Waals surface area contributed by atoms with E-state index in [0.29, 0.717) is 5.69 Å². The van der Waals surface area contributed by atoms with E-state index in [1.807, 2.05) is 30.3 Å². The lowest BCUT2D eigenvalue weighted by Gasteiger charge is -2.14. The highest BCUT2D eigenvalue weighted by Gasteiger charge is 2.20. The number of aromatic nitrogens is 1. The van der Waals surface area contributed by atoms with Crippen LogP contribution in [0.1, 0.15) is 24.1 Å². The van der Waals surface area contributed by atoms with E-state index < -0.39 is 10.8 Å². The van der Waals surface area contributed by atoms with Crippen molar-refractivity contribution in [2.75, 3.05) is 5.73 Å². The van der Waals surface area contributed by atoms with Crippen LogP contribution < -0.4 is 5.73 Å². The number of aryl methyl sites for hydroxylation is 2. The molecule has 0 spiro atoms. The minimum atomic E-state index is -1.24. The number of nitrogen functional groups attached to an aromatic ring is 1. The largest absolute Gasteiger partial charge is 0.396 e. The molecular formula is C17H16N2OS2. The average molecular weight is 328 g/mol. The quantitative estimate of drug-likeness (QED) is 0.775. The summed E-state index contributed by atoms with van der Waals surface area (Å²) in [5, 5.41) is 0.963. The Morgan fingerprint density at radius 2 is 1.91 bits per heavy atom. The first-order chi connectivity index (χ1) is 10.7. The third-order valence-electron chi connectivity index (χ3n) is 4.09. The van der Waals surface area contributed by atoms with Crippen LogP contribution in [-0.4, -0.2) is 9.19 Å². The van der Waals surface area contributed by atoms with Gasteiger partial charge >= 0.3 is 0 Å². The molecule has 22 heavy (non-hydrogen) atoms. The molecule has 2 aromatic heterocycles. The molecular weight excluding hydrogens is 312 g/mol. The van der Waals surface area contributed by atoms with Crippen LogP contribution in [0.5, 0.6) is 0 Å². The smallest absolute Gasteiger partial charge is 0.126 e. The molecule has 1 aliphatic rings. The Hall–Kier alpha value is -1.72. The average Bonchev–Trinajstić information content (AvgIpc) is 2.89. The maximum absolute atomic E-state index is 12.8. The molecule has 0 saturated heterocycles. The number of rotatable bonds is 2. The van der Waals surface area contributed by atoms with E-state index in [2.05, 4.69) is 6.07 Å². The first-order valence-corrected chi connectivity index (χ1v) is 9.38. The van der Waals surface area contributed by atoms with E-state index >= 15 is 0 Å². The van der Waals surface area contributed by atoms with Gasteiger partial charge in [-0.15, -0.1) is 11.3 Å². The van der Waals surface area contributed by atoms with Crippen LogP contribution in [0.3, 0.4) is 0 Å². The van der Waals surface area contributed by atoms with Gasteiger partial charge in [0.15, 0.2) is 0 Å². The predicted octanol–water partition coefficient (Wildman–Crippen LogP) is 3.92. The molecule has 5 heteroatoms. The molecule has 0 bridgehead atoms. The van der Waals surface area contributed by atoms with Gasteiger partial charge in [0.05, 0.1) is 16.5 Å². The van der Waals surface area contributed by atoms with Gasteiger partial charge in [-0.2, -0.15) is 0 Å². The first kappa shape index (κ1) is 13.9. The van der Waals surface area contributed by atoms with E-state index in [4.69, 9.17) is 10.7 Å². The van der Waals surface area contributed by atoms with Crippen LogP contribution in [0.25, 0.3) is 10.2 Å². The van der Waals surface area contributed by atoms with Crippen LogP contribution in [0.2, 0.25) is 0 Å². The lowest BCUT2D eigenvalue weighted by molar-refractivity contribution is 0.672. The van der Waals surface area contributed by atoms with Crippen molar-refractivity contribution in [1.82, 2.24) is 4.98 Å². The zero-order valence-corrected chi connectivity index (χ0v) is 13.7. The second-order valence-electron chi connectivity index (χ2n) is 5.54. The number of nitrogens with zero attached hydrogens (tertiary/aromatic N) is 1. The Morgan fingerprint density at radius 3 is 2.73 bits per heavy atom. The standard InChI is InChI=1S/C17H16N2OS2/c18-15-13-10-11-6-4-5-9-14(11)19-16(13)21-17(15)22(20)12-7-2-1-3-8-12/h1-3,7-8,10H,4-6,9,18H2/t22-/m0/s1. The van der Waals surface area contributed by atoms with Crippen molar-refractivity contribution in [3.8, 4) is 0 Å². The third kappa shape index (κ3) is 2.25. The number of thiophene rings is 1. The Morgan fingerprint density at radius 1 is 1.14 bits per heavy atom. The zero-order valence-electron chi connectivity index (χ0n) is 12.0. The fraction of sp³-hybridized carbons (Fsp3) is 0.235. The molecule has 0 fully saturated rings. The first-order valence-electron chi connectivity index (χ1n) is 7.41. The highest BCUT2D eigenvalue weighted by molar-refractivity contribution is 7.87. The van der Waals surface area contributed by atoms with Crippen molar-refractivity contribution < 1.29 is 4.21 Å². The number of benzene rings is 1. The molecule has 0 unspecified atom stereocenters. The topological polar surface area (TPSA) is 56.0 Å². The van der Waals surface area contributed by atoms with Gasteiger partial charge in [0.25, 0.3) is 0 Å². The number of hydrogen-bond donors (Lipinski definition) is 1. The summed E-state index contributed by atoms with van der Waals surface area (Å²) in [5.41, 5.74) is 9.41. The molecule has 3 aromatic rings. The molecule has 1 aromatic carbocycles. The van der Waals surface area contributed by atoms with Gasteiger partial charge in [0.2, 0.25) is 0 Å². The number of hydrogen-bond acceptors (Lipinski definition) is 4. The second kappa shape index (κ2) is 5.48. The van der Waals surface area contributed by atoms with Crippen molar-refractivity contribution in [3.63, 3.8) is 0 Å². The van der Waals surface area contributed by atoms with Gasteiger partial charge < -0.3 is 5.73 Å². The minimum Gasteiger partial charge on any atom is -0.396 e. The summed E-state index contributed by atoms with van der Waals surface area (Å²) < 4.78 is 13.5. The molecule has 0 saturated carbocycles. The molecule has 0 aliphatic heterocycles. The molecule has 0 radical (unpaired) electrons. The Bertz CT molecular complexity index is 871. The summed E-state index contributed by atoms with van der Waals surface area (Å²) in [5.74, 6) is 0. The van der Waals surface area contributed by atoms with Crippen molar-refractivity contribution in [3.05, 3.63) is 47.7 Å². The van der Waals surface area contributed by atoms with Crippen molar-refractivity contribution in [2.24, 2.45) is 0 Å². The lowest BCUT2D eigenvalue weighted by atomic mass is 9.95. The van der Waals surface area contributed by atoms with Gasteiger partial charge in [-0.1, -0.05) is 18.2 Å². The monoisotopic (exact) mass is 328 g/mol. The Kier molecular flexibility index (Phi) is 3.47. The van der Waals surface area contributed by atoms with Crippen LogP contribution in [-0.2, 0) is 23.6 Å². The number of nitrogens with two attached hydrogens (primary N) is 1. The summed E-state index contributed by atoms with van der Waals surface area (Å²) in [6, 6.07) is 11.6. The fourth-order valence-electron chi connectivity index (χ4n) is 2.93. The van der Waals surface area contributed by atoms with Gasteiger partial charge in [-0.05, 0) is 49.4 Å². The molecule has 4 rings (SSSR count). The molecule has 2 heterocycles. The third-order valence-corrected chi connectivity index (χ3v) is 6.96. The molecule has 3 nitrogen and oxygen atoms in total. The summed E-state index contributed by atoms with van der Waals surface area (Å²) in [6.07, 6.45) is 4.53. The number of fused-ring (bicyclic) bond motifs is 2. The summed E-state index contributed by atoms with van der Waals surface area (Å²) in [7, 11) is -1.24. The molecule has 1 atom stereocenters. The van der Waals surface area contributed by atoms with E-state index in [1.54, 1.807) is 0 Å². The summed E-state index contributed by atoms with van der Waals surface area (Å²) in [6.45, 7) is 0. The van der Waals surface area contributed by atoms with E-state index in [1.165, 1.54) is 35.4 Å². The Labute approximate surface area is 135 Å². The fourth-order valence-corrected chi connectivity index (χ4v) is 5.51. The molecule has 1 aliphatic carbocycles. The highest BCUT2D eigenvalue weighted by atomic mass is 32.2. The van der Waals surface area contributed by atoms with Gasteiger partial charge in [-0.3, -0.25) is 0 Å². The summed E-state index contributed by atoms with van der Waals surface area (Å²) in [4.78, 5) is 6.47. The number of pyridine rings is 1. The van der Waals surface area contributed by atoms with E-state index in [9.17, 15) is 4.21 Å². The second-order valence-corrected chi connectivity index (χ2v) is 8.21. The number of anilines is 1. The van der Waals surface area contributed by atoms with Crippen molar-refractivity contribution >= 4 is 38.0 Å². The van der Waals surface area contributed by atoms with Gasteiger partial charge in [0.1, 0.15) is 9.04 Å².